The Hall–Kier alpha value is -2.63. The molecule has 0 aliphatic carbocycles. The van der Waals surface area contributed by atoms with E-state index in [2.05, 4.69) is 14.8 Å². The van der Waals surface area contributed by atoms with Crippen LogP contribution in [0.25, 0.3) is 0 Å². The first kappa shape index (κ1) is 25.5. The lowest BCUT2D eigenvalue weighted by atomic mass is 9.98. The summed E-state index contributed by atoms with van der Waals surface area (Å²) in [7, 11) is -2.66. The van der Waals surface area contributed by atoms with Crippen molar-refractivity contribution in [1.82, 2.24) is 9.62 Å². The van der Waals surface area contributed by atoms with Crippen molar-refractivity contribution in [2.75, 3.05) is 25.1 Å². The Labute approximate surface area is 207 Å². The van der Waals surface area contributed by atoms with Gasteiger partial charge in [0.05, 0.1) is 17.6 Å². The molecule has 35 heavy (non-hydrogen) atoms. The molecule has 0 spiro atoms. The highest BCUT2D eigenvalue weighted by Crippen LogP contribution is 2.37. The molecule has 1 saturated heterocycles. The smallest absolute Gasteiger partial charge is 0.371 e. The van der Waals surface area contributed by atoms with Crippen molar-refractivity contribution in [2.24, 2.45) is 15.4 Å². The second kappa shape index (κ2) is 10.2. The number of hydrogen-bond donors (Lipinski definition) is 1. The molecule has 1 N–H and O–H groups in total. The van der Waals surface area contributed by atoms with Gasteiger partial charge in [-0.2, -0.15) is 31.0 Å². The number of amidine groups is 1. The lowest BCUT2D eigenvalue weighted by molar-refractivity contribution is -0.182. The number of nitrogens with one attached hydrogen (secondary N) is 1. The van der Waals surface area contributed by atoms with Crippen LogP contribution in [0, 0.1) is 5.92 Å². The Morgan fingerprint density at radius 3 is 2.29 bits per heavy atom. The number of benzene rings is 2. The standard InChI is InChI=1S/C23H25ClF3N5O2S/c1-28-22(30-35(33,34)31-13-11-17(12-14-31)23(25,26)27)20-15-21(16-5-3-2-4-6-16)32(29-20)19-9-7-18(24)8-10-19/h2-10,17,21H,11-15H2,1H3,(H,28,30). The molecular formula is C23H25ClF3N5O2S. The van der Waals surface area contributed by atoms with Gasteiger partial charge in [-0.05, 0) is 42.7 Å². The molecule has 188 valence electrons. The number of halogens is 4. The number of piperidine rings is 1. The summed E-state index contributed by atoms with van der Waals surface area (Å²) in [6.07, 6.45) is -4.52. The Morgan fingerprint density at radius 1 is 1.09 bits per heavy atom. The Morgan fingerprint density at radius 2 is 1.71 bits per heavy atom. The topological polar surface area (TPSA) is 77.4 Å². The van der Waals surface area contributed by atoms with E-state index >= 15 is 0 Å². The summed E-state index contributed by atoms with van der Waals surface area (Å²) in [5.41, 5.74) is 2.17. The number of hydrazone groups is 1. The summed E-state index contributed by atoms with van der Waals surface area (Å²) in [5.74, 6) is -1.44. The summed E-state index contributed by atoms with van der Waals surface area (Å²) in [6.45, 7) is -0.466. The van der Waals surface area contributed by atoms with E-state index in [0.717, 1.165) is 15.6 Å². The molecule has 0 aromatic heterocycles. The van der Waals surface area contributed by atoms with Crippen LogP contribution in [0.4, 0.5) is 18.9 Å². The van der Waals surface area contributed by atoms with Crippen LogP contribution < -0.4 is 10.3 Å². The van der Waals surface area contributed by atoms with Gasteiger partial charge in [0.2, 0.25) is 0 Å². The minimum atomic E-state index is -4.33. The van der Waals surface area contributed by atoms with Crippen molar-refractivity contribution in [3.63, 3.8) is 0 Å². The van der Waals surface area contributed by atoms with Gasteiger partial charge in [-0.1, -0.05) is 41.9 Å². The SMILES string of the molecule is CNC(=NS(=O)(=O)N1CCC(C(F)(F)F)CC1)C1=NN(c2ccc(Cl)cc2)C(c2ccccc2)C1. The second-order valence-corrected chi connectivity index (χ2v) is 10.4. The molecular weight excluding hydrogens is 503 g/mol. The van der Waals surface area contributed by atoms with Crippen LogP contribution in [0.2, 0.25) is 5.02 Å². The molecule has 2 aromatic carbocycles. The molecule has 1 unspecified atom stereocenters. The van der Waals surface area contributed by atoms with Crippen LogP contribution in [0.1, 0.15) is 30.9 Å². The molecule has 1 fully saturated rings. The van der Waals surface area contributed by atoms with Gasteiger partial charge >= 0.3 is 16.4 Å². The van der Waals surface area contributed by atoms with E-state index < -0.39 is 22.3 Å². The molecule has 0 bridgehead atoms. The first-order chi connectivity index (χ1) is 16.6. The van der Waals surface area contributed by atoms with Crippen molar-refractivity contribution in [3.8, 4) is 0 Å². The van der Waals surface area contributed by atoms with E-state index in [4.69, 9.17) is 11.6 Å². The van der Waals surface area contributed by atoms with Crippen LogP contribution in [0.3, 0.4) is 0 Å². The third-order valence-corrected chi connectivity index (χ3v) is 7.83. The first-order valence-electron chi connectivity index (χ1n) is 11.1. The van der Waals surface area contributed by atoms with Gasteiger partial charge in [0.25, 0.3) is 0 Å². The van der Waals surface area contributed by atoms with E-state index in [9.17, 15) is 21.6 Å². The van der Waals surface area contributed by atoms with Crippen LogP contribution in [0.5, 0.6) is 0 Å². The van der Waals surface area contributed by atoms with Crippen LogP contribution >= 0.6 is 11.6 Å². The van der Waals surface area contributed by atoms with Crippen LogP contribution in [0.15, 0.2) is 64.1 Å². The highest BCUT2D eigenvalue weighted by atomic mass is 35.5. The van der Waals surface area contributed by atoms with Crippen LogP contribution in [-0.4, -0.2) is 50.6 Å². The Kier molecular flexibility index (Phi) is 7.39. The number of hydrogen-bond acceptors (Lipinski definition) is 4. The molecule has 2 aliphatic rings. The number of nitrogens with zero attached hydrogens (tertiary/aromatic N) is 4. The quantitative estimate of drug-likeness (QED) is 0.448. The largest absolute Gasteiger partial charge is 0.391 e. The predicted octanol–water partition coefficient (Wildman–Crippen LogP) is 4.78. The summed E-state index contributed by atoms with van der Waals surface area (Å²) >= 11 is 6.04. The zero-order chi connectivity index (χ0) is 25.2. The third-order valence-electron chi connectivity index (χ3n) is 6.15. The summed E-state index contributed by atoms with van der Waals surface area (Å²) in [5, 5.41) is 9.85. The summed E-state index contributed by atoms with van der Waals surface area (Å²) in [4.78, 5) is 0. The summed E-state index contributed by atoms with van der Waals surface area (Å²) < 4.78 is 69.7. The van der Waals surface area contributed by atoms with Crippen molar-refractivity contribution in [1.29, 1.82) is 0 Å². The number of alkyl halides is 3. The lowest BCUT2D eigenvalue weighted by Gasteiger charge is -2.30. The second-order valence-electron chi connectivity index (χ2n) is 8.38. The molecule has 12 heteroatoms. The van der Waals surface area contributed by atoms with Crippen molar-refractivity contribution < 1.29 is 21.6 Å². The normalized spacial score (nSPS) is 20.7. The Balaban J connectivity index is 1.61. The van der Waals surface area contributed by atoms with Crippen LogP contribution in [-0.2, 0) is 10.2 Å². The summed E-state index contributed by atoms with van der Waals surface area (Å²) in [6, 6.07) is 16.6. The fourth-order valence-electron chi connectivity index (χ4n) is 4.25. The van der Waals surface area contributed by atoms with Gasteiger partial charge in [0, 0.05) is 31.6 Å². The average molecular weight is 528 g/mol. The van der Waals surface area contributed by atoms with E-state index in [1.54, 1.807) is 17.1 Å². The zero-order valence-corrected chi connectivity index (χ0v) is 20.5. The molecule has 0 amide bonds. The minimum Gasteiger partial charge on any atom is -0.371 e. The van der Waals surface area contributed by atoms with E-state index in [1.165, 1.54) is 7.05 Å². The monoisotopic (exact) mass is 527 g/mol. The van der Waals surface area contributed by atoms with Crippen molar-refractivity contribution in [2.45, 2.75) is 31.5 Å². The number of rotatable bonds is 5. The van der Waals surface area contributed by atoms with Gasteiger partial charge in [0.15, 0.2) is 5.84 Å². The van der Waals surface area contributed by atoms with Gasteiger partial charge in [-0.15, -0.1) is 4.40 Å². The molecule has 2 aromatic rings. The molecule has 0 radical (unpaired) electrons. The van der Waals surface area contributed by atoms with E-state index in [1.807, 2.05) is 42.5 Å². The fraction of sp³-hybridized carbons (Fsp3) is 0.391. The molecule has 4 rings (SSSR count). The molecule has 1 atom stereocenters. The first-order valence-corrected chi connectivity index (χ1v) is 12.9. The van der Waals surface area contributed by atoms with Gasteiger partial charge < -0.3 is 5.32 Å². The predicted molar refractivity (Wildman–Crippen MR) is 131 cm³/mol. The van der Waals surface area contributed by atoms with E-state index in [0.29, 0.717) is 17.2 Å². The highest BCUT2D eigenvalue weighted by Gasteiger charge is 2.43. The van der Waals surface area contributed by atoms with Gasteiger partial charge in [0.1, 0.15) is 5.71 Å². The van der Waals surface area contributed by atoms with Crippen molar-refractivity contribution >= 4 is 39.0 Å². The minimum absolute atomic E-state index is 0.0559. The van der Waals surface area contributed by atoms with Gasteiger partial charge in [-0.3, -0.25) is 5.01 Å². The molecule has 0 saturated carbocycles. The Bertz CT molecular complexity index is 1200. The maximum atomic E-state index is 13.0. The van der Waals surface area contributed by atoms with Crippen molar-refractivity contribution in [3.05, 3.63) is 65.2 Å². The molecule has 2 aliphatic heterocycles. The molecule has 2 heterocycles. The average Bonchev–Trinajstić information content (AvgIpc) is 3.28. The number of anilines is 1. The highest BCUT2D eigenvalue weighted by molar-refractivity contribution is 7.88. The van der Waals surface area contributed by atoms with Gasteiger partial charge in [-0.25, -0.2) is 0 Å². The zero-order valence-electron chi connectivity index (χ0n) is 18.9. The maximum Gasteiger partial charge on any atom is 0.391 e. The molecule has 7 nitrogen and oxygen atoms in total. The third kappa shape index (κ3) is 5.79. The van der Waals surface area contributed by atoms with E-state index in [-0.39, 0.29) is 37.8 Å². The maximum absolute atomic E-state index is 13.0. The lowest BCUT2D eigenvalue weighted by Crippen LogP contribution is -2.42. The fourth-order valence-corrected chi connectivity index (χ4v) is 5.59.